The van der Waals surface area contributed by atoms with E-state index in [9.17, 15) is 24.3 Å². The number of unbranched alkanes of at least 4 members (excludes halogenated alkanes) is 2. The van der Waals surface area contributed by atoms with Crippen LogP contribution >= 0.6 is 0 Å². The first-order valence-corrected chi connectivity index (χ1v) is 11.3. The van der Waals surface area contributed by atoms with E-state index >= 15 is 0 Å². The fourth-order valence-electron chi connectivity index (χ4n) is 2.82. The summed E-state index contributed by atoms with van der Waals surface area (Å²) in [6.07, 6.45) is 2.05. The predicted molar refractivity (Wildman–Crippen MR) is 122 cm³/mol. The molecule has 0 saturated heterocycles. The smallest absolute Gasteiger partial charge is 0.550 e. The summed E-state index contributed by atoms with van der Waals surface area (Å²) in [6, 6.07) is 8.59. The average molecular weight is 486 g/mol. The molecule has 1 aromatic carbocycles. The molecule has 3 amide bonds. The van der Waals surface area contributed by atoms with Gasteiger partial charge in [-0.25, -0.2) is 4.79 Å². The molecule has 9 nitrogen and oxygen atoms in total. The molecule has 10 heteroatoms. The minimum absolute atomic E-state index is 0. The van der Waals surface area contributed by atoms with Gasteiger partial charge in [0.25, 0.3) is 0 Å². The third-order valence-electron chi connectivity index (χ3n) is 4.81. The van der Waals surface area contributed by atoms with Crippen LogP contribution in [-0.4, -0.2) is 43.0 Å². The molecule has 184 valence electrons. The summed E-state index contributed by atoms with van der Waals surface area (Å²) in [7, 11) is 0. The zero-order valence-corrected chi connectivity index (χ0v) is 22.8. The van der Waals surface area contributed by atoms with Crippen LogP contribution in [0.1, 0.15) is 64.9 Å². The van der Waals surface area contributed by atoms with Gasteiger partial charge in [-0.1, -0.05) is 57.5 Å². The predicted octanol–water partition coefficient (Wildman–Crippen LogP) is -1.35. The van der Waals surface area contributed by atoms with Crippen molar-refractivity contribution in [3.63, 3.8) is 0 Å². The van der Waals surface area contributed by atoms with Crippen molar-refractivity contribution in [1.29, 1.82) is 0 Å². The minimum atomic E-state index is -1.08. The van der Waals surface area contributed by atoms with Crippen molar-refractivity contribution < 1.29 is 58.6 Å². The van der Waals surface area contributed by atoms with Gasteiger partial charge in [-0.15, -0.1) is 0 Å². The molecule has 1 rings (SSSR count). The Morgan fingerprint density at radius 3 is 2.21 bits per heavy atom. The van der Waals surface area contributed by atoms with Crippen molar-refractivity contribution in [2.45, 2.75) is 71.9 Å². The second-order valence-electron chi connectivity index (χ2n) is 8.88. The maximum Gasteiger partial charge on any atom is 1.00 e. The van der Waals surface area contributed by atoms with Crippen LogP contribution in [0.4, 0.5) is 4.79 Å². The van der Waals surface area contributed by atoms with Gasteiger partial charge < -0.3 is 30.6 Å². The van der Waals surface area contributed by atoms with Crippen molar-refractivity contribution in [3.8, 4) is 0 Å². The van der Waals surface area contributed by atoms with E-state index < -0.39 is 23.5 Å². The molecule has 0 bridgehead atoms. The van der Waals surface area contributed by atoms with Crippen molar-refractivity contribution in [2.24, 2.45) is 5.41 Å². The first-order valence-electron chi connectivity index (χ1n) is 11.3. The molecule has 0 fully saturated rings. The molecule has 1 atom stereocenters. The summed E-state index contributed by atoms with van der Waals surface area (Å²) in [5.74, 6) is -1.63. The van der Waals surface area contributed by atoms with Crippen LogP contribution in [0.2, 0.25) is 0 Å². The van der Waals surface area contributed by atoms with Gasteiger partial charge in [0.05, 0.1) is 0 Å². The number of ether oxygens (including phenoxy) is 1. The summed E-state index contributed by atoms with van der Waals surface area (Å²) in [5, 5.41) is 18.6. The zero-order valence-electron chi connectivity index (χ0n) is 20.8. The van der Waals surface area contributed by atoms with Crippen LogP contribution in [0.5, 0.6) is 0 Å². The standard InChI is InChI=1S/C24H37N3O6.Na/c1-24(2,3)22(31)27-19(21(30)25-15-9-5-8-14-20(28)29)13-10-16-26-23(32)33-17-18-11-6-4-7-12-18;/h4,6-7,11-12,19H,5,8-10,13-17H2,1-3H3,(H,25,30)(H,26,32)(H,27,31)(H,28,29);/q;+1/p-1/t19-;/m0./s1. The van der Waals surface area contributed by atoms with Crippen molar-refractivity contribution in [3.05, 3.63) is 35.9 Å². The Labute approximate surface area is 224 Å². The maximum atomic E-state index is 12.6. The van der Waals surface area contributed by atoms with E-state index in [0.717, 1.165) is 5.56 Å². The topological polar surface area (TPSA) is 137 Å². The number of carbonyl (C=O) groups is 4. The van der Waals surface area contributed by atoms with Crippen molar-refractivity contribution in [1.82, 2.24) is 16.0 Å². The molecule has 0 saturated carbocycles. The Bertz CT molecular complexity index is 768. The zero-order chi connectivity index (χ0) is 24.7. The average Bonchev–Trinajstić information content (AvgIpc) is 2.76. The molecular formula is C24H36N3NaO6. The molecular weight excluding hydrogens is 449 g/mol. The third kappa shape index (κ3) is 14.9. The number of carbonyl (C=O) groups excluding carboxylic acids is 4. The van der Waals surface area contributed by atoms with E-state index in [4.69, 9.17) is 4.74 Å². The van der Waals surface area contributed by atoms with Gasteiger partial charge in [-0.05, 0) is 37.7 Å². The normalized spacial score (nSPS) is 11.5. The maximum absolute atomic E-state index is 12.6. The third-order valence-corrected chi connectivity index (χ3v) is 4.81. The second kappa shape index (κ2) is 17.4. The summed E-state index contributed by atoms with van der Waals surface area (Å²) in [6.45, 7) is 6.14. The van der Waals surface area contributed by atoms with E-state index in [1.807, 2.05) is 30.3 Å². The SMILES string of the molecule is CC(C)(C)C(=O)N[C@@H](CCCNC(=O)OCc1ccccc1)C(=O)NCCCCCC(=O)[O-].[Na+]. The van der Waals surface area contributed by atoms with Crippen LogP contribution in [0, 0.1) is 5.41 Å². The number of nitrogens with one attached hydrogen (secondary N) is 3. The summed E-state index contributed by atoms with van der Waals surface area (Å²) >= 11 is 0. The van der Waals surface area contributed by atoms with Gasteiger partial charge >= 0.3 is 35.7 Å². The number of rotatable bonds is 14. The van der Waals surface area contributed by atoms with Crippen molar-refractivity contribution in [2.75, 3.05) is 13.1 Å². The number of carboxylic acid groups (broad SMARTS) is 1. The number of hydrogen-bond acceptors (Lipinski definition) is 6. The molecule has 0 heterocycles. The van der Waals surface area contributed by atoms with Crippen molar-refractivity contribution >= 4 is 23.9 Å². The summed E-state index contributed by atoms with van der Waals surface area (Å²) < 4.78 is 5.15. The van der Waals surface area contributed by atoms with Crippen LogP contribution in [-0.2, 0) is 25.7 Å². The van der Waals surface area contributed by atoms with Gasteiger partial charge in [0.2, 0.25) is 11.8 Å². The van der Waals surface area contributed by atoms with E-state index in [2.05, 4.69) is 16.0 Å². The summed E-state index contributed by atoms with van der Waals surface area (Å²) in [5.41, 5.74) is 0.233. The Kier molecular flexibility index (Phi) is 16.3. The molecule has 0 radical (unpaired) electrons. The number of amides is 3. The Morgan fingerprint density at radius 1 is 0.941 bits per heavy atom. The van der Waals surface area contributed by atoms with Crippen LogP contribution in [0.3, 0.4) is 0 Å². The number of benzene rings is 1. The minimum Gasteiger partial charge on any atom is -0.550 e. The van der Waals surface area contributed by atoms with Gasteiger partial charge in [0, 0.05) is 24.5 Å². The van der Waals surface area contributed by atoms with Crippen LogP contribution in [0.15, 0.2) is 30.3 Å². The molecule has 0 spiro atoms. The number of hydrogen-bond donors (Lipinski definition) is 3. The number of carboxylic acids is 1. The second-order valence-corrected chi connectivity index (χ2v) is 8.88. The molecule has 3 N–H and O–H groups in total. The molecule has 0 aliphatic heterocycles. The number of aliphatic carboxylic acids is 1. The van der Waals surface area contributed by atoms with Gasteiger partial charge in [-0.3, -0.25) is 9.59 Å². The fourth-order valence-corrected chi connectivity index (χ4v) is 2.82. The van der Waals surface area contributed by atoms with Crippen LogP contribution in [0.25, 0.3) is 0 Å². The molecule has 1 aromatic rings. The van der Waals surface area contributed by atoms with Crippen LogP contribution < -0.4 is 50.6 Å². The first kappa shape index (κ1) is 31.9. The van der Waals surface area contributed by atoms with Gasteiger partial charge in [0.1, 0.15) is 12.6 Å². The molecule has 34 heavy (non-hydrogen) atoms. The van der Waals surface area contributed by atoms with Gasteiger partial charge in [-0.2, -0.15) is 0 Å². The van der Waals surface area contributed by atoms with E-state index in [1.165, 1.54) is 0 Å². The Balaban J connectivity index is 0.0000109. The Morgan fingerprint density at radius 2 is 1.59 bits per heavy atom. The monoisotopic (exact) mass is 485 g/mol. The van der Waals surface area contributed by atoms with E-state index in [1.54, 1.807) is 20.8 Å². The Hall–Kier alpha value is -2.10. The molecule has 0 aliphatic carbocycles. The van der Waals surface area contributed by atoms with E-state index in [0.29, 0.717) is 45.2 Å². The quantitative estimate of drug-likeness (QED) is 0.220. The van der Waals surface area contributed by atoms with E-state index in [-0.39, 0.29) is 54.4 Å². The molecule has 0 aromatic heterocycles. The first-order chi connectivity index (χ1) is 15.6. The summed E-state index contributed by atoms with van der Waals surface area (Å²) in [4.78, 5) is 47.2. The fraction of sp³-hybridized carbons (Fsp3) is 0.583. The largest absolute Gasteiger partial charge is 1.00 e. The van der Waals surface area contributed by atoms with Gasteiger partial charge in [0.15, 0.2) is 0 Å². The molecule has 0 unspecified atom stereocenters. The number of alkyl carbamates (subject to hydrolysis) is 1. The molecule has 0 aliphatic rings.